The van der Waals surface area contributed by atoms with E-state index in [2.05, 4.69) is 24.0 Å². The van der Waals surface area contributed by atoms with Crippen molar-refractivity contribution in [3.63, 3.8) is 0 Å². The van der Waals surface area contributed by atoms with Crippen molar-refractivity contribution in [2.24, 2.45) is 11.1 Å². The van der Waals surface area contributed by atoms with Crippen molar-refractivity contribution < 1.29 is 8.42 Å². The topological polar surface area (TPSA) is 92.1 Å². The summed E-state index contributed by atoms with van der Waals surface area (Å²) >= 11 is 0. The minimum Gasteiger partial charge on any atom is -0.326 e. The monoisotopic (exact) mass is 258 g/mol. The van der Waals surface area contributed by atoms with Crippen LogP contribution in [-0.2, 0) is 16.6 Å². The van der Waals surface area contributed by atoms with Gasteiger partial charge in [0.2, 0.25) is 0 Å². The molecule has 0 amide bonds. The van der Waals surface area contributed by atoms with Gasteiger partial charge in [0.05, 0.1) is 6.20 Å². The second-order valence-electron chi connectivity index (χ2n) is 5.18. The van der Waals surface area contributed by atoms with E-state index in [1.165, 1.54) is 10.5 Å². The molecule has 1 aromatic rings. The highest BCUT2D eigenvalue weighted by atomic mass is 32.2. The fourth-order valence-corrected chi connectivity index (χ4v) is 3.81. The van der Waals surface area contributed by atoms with Gasteiger partial charge in [-0.2, -0.15) is 9.40 Å². The molecule has 0 radical (unpaired) electrons. The van der Waals surface area contributed by atoms with Crippen molar-refractivity contribution in [1.29, 1.82) is 0 Å². The maximum absolute atomic E-state index is 12.4. The first-order valence-corrected chi connectivity index (χ1v) is 7.03. The van der Waals surface area contributed by atoms with Crippen LogP contribution in [0.25, 0.3) is 0 Å². The molecule has 0 aliphatic carbocycles. The lowest BCUT2D eigenvalue weighted by Gasteiger charge is -2.19. The molecule has 0 unspecified atom stereocenters. The summed E-state index contributed by atoms with van der Waals surface area (Å²) in [5.41, 5.74) is 6.08. The second kappa shape index (κ2) is 4.08. The first kappa shape index (κ1) is 12.5. The molecule has 6 nitrogen and oxygen atoms in total. The van der Waals surface area contributed by atoms with Crippen LogP contribution in [0.1, 0.15) is 25.8 Å². The van der Waals surface area contributed by atoms with Crippen LogP contribution in [0.15, 0.2) is 11.2 Å². The van der Waals surface area contributed by atoms with Crippen LogP contribution in [0.4, 0.5) is 0 Å². The number of rotatable bonds is 3. The van der Waals surface area contributed by atoms with E-state index < -0.39 is 10.0 Å². The number of nitrogens with zero attached hydrogens (tertiary/aromatic N) is 2. The van der Waals surface area contributed by atoms with Gasteiger partial charge in [0.25, 0.3) is 10.0 Å². The van der Waals surface area contributed by atoms with Gasteiger partial charge in [0, 0.05) is 25.2 Å². The summed E-state index contributed by atoms with van der Waals surface area (Å²) in [4.78, 5) is 0. The van der Waals surface area contributed by atoms with E-state index >= 15 is 0 Å². The molecule has 0 atom stereocenters. The molecule has 96 valence electrons. The Bertz CT molecular complexity index is 506. The molecule has 1 saturated heterocycles. The van der Waals surface area contributed by atoms with E-state index in [1.54, 1.807) is 0 Å². The van der Waals surface area contributed by atoms with Crippen molar-refractivity contribution in [3.05, 3.63) is 11.8 Å². The van der Waals surface area contributed by atoms with Crippen molar-refractivity contribution in [1.82, 2.24) is 14.5 Å². The van der Waals surface area contributed by atoms with E-state index in [4.69, 9.17) is 5.73 Å². The molecule has 7 heteroatoms. The summed E-state index contributed by atoms with van der Waals surface area (Å²) in [5, 5.41) is 6.43. The van der Waals surface area contributed by atoms with Gasteiger partial charge >= 0.3 is 0 Å². The molecule has 0 bridgehead atoms. The number of nitrogens with one attached hydrogen (secondary N) is 1. The normalized spacial score (nSPS) is 20.9. The third kappa shape index (κ3) is 2.22. The molecule has 3 N–H and O–H groups in total. The van der Waals surface area contributed by atoms with E-state index in [1.807, 2.05) is 0 Å². The first-order valence-electron chi connectivity index (χ1n) is 5.59. The van der Waals surface area contributed by atoms with E-state index in [9.17, 15) is 8.42 Å². The Hall–Kier alpha value is -0.920. The second-order valence-corrected chi connectivity index (χ2v) is 7.06. The van der Waals surface area contributed by atoms with Crippen LogP contribution in [0.2, 0.25) is 0 Å². The van der Waals surface area contributed by atoms with Crippen molar-refractivity contribution in [2.75, 3.05) is 13.1 Å². The molecule has 17 heavy (non-hydrogen) atoms. The standard InChI is InChI=1S/C10H18N4O2S/c1-10(2)3-4-14(7-10)17(15,16)9-8(5-11)6-12-13-9/h6H,3-5,7,11H2,1-2H3,(H,12,13). The molecular weight excluding hydrogens is 240 g/mol. The average Bonchev–Trinajstić information content (AvgIpc) is 2.83. The Morgan fingerprint density at radius 3 is 2.82 bits per heavy atom. The zero-order chi connectivity index (χ0) is 12.7. The van der Waals surface area contributed by atoms with E-state index in [0.717, 1.165) is 6.42 Å². The van der Waals surface area contributed by atoms with Gasteiger partial charge in [-0.25, -0.2) is 8.42 Å². The summed E-state index contributed by atoms with van der Waals surface area (Å²) in [6.45, 7) is 5.40. The number of hydrogen-bond acceptors (Lipinski definition) is 4. The van der Waals surface area contributed by atoms with Crippen LogP contribution in [0.5, 0.6) is 0 Å². The van der Waals surface area contributed by atoms with Crippen LogP contribution in [0.3, 0.4) is 0 Å². The fourth-order valence-electron chi connectivity index (χ4n) is 2.07. The zero-order valence-electron chi connectivity index (χ0n) is 10.1. The fraction of sp³-hybridized carbons (Fsp3) is 0.700. The number of hydrogen-bond donors (Lipinski definition) is 2. The highest BCUT2D eigenvalue weighted by Crippen LogP contribution is 2.32. The predicted molar refractivity (Wildman–Crippen MR) is 63.6 cm³/mol. The van der Waals surface area contributed by atoms with Gasteiger partial charge in [-0.15, -0.1) is 0 Å². The number of aromatic nitrogens is 2. The van der Waals surface area contributed by atoms with Gasteiger partial charge in [-0.05, 0) is 11.8 Å². The third-order valence-corrected chi connectivity index (χ3v) is 5.00. The molecule has 1 fully saturated rings. The SMILES string of the molecule is CC1(C)CCN(S(=O)(=O)c2[nH]ncc2CN)C1. The number of H-pyrrole nitrogens is 1. The zero-order valence-corrected chi connectivity index (χ0v) is 10.9. The summed E-state index contributed by atoms with van der Waals surface area (Å²) in [7, 11) is -3.47. The van der Waals surface area contributed by atoms with Gasteiger partial charge in [0.1, 0.15) is 0 Å². The lowest BCUT2D eigenvalue weighted by Crippen LogP contribution is -2.31. The molecular formula is C10H18N4O2S. The van der Waals surface area contributed by atoms with Crippen LogP contribution >= 0.6 is 0 Å². The maximum Gasteiger partial charge on any atom is 0.260 e. The molecule has 0 spiro atoms. The largest absolute Gasteiger partial charge is 0.326 e. The summed E-state index contributed by atoms with van der Waals surface area (Å²) in [6.07, 6.45) is 2.34. The average molecular weight is 258 g/mol. The molecule has 2 heterocycles. The Morgan fingerprint density at radius 1 is 1.59 bits per heavy atom. The third-order valence-electron chi connectivity index (χ3n) is 3.14. The Balaban J connectivity index is 2.32. The quantitative estimate of drug-likeness (QED) is 0.815. The van der Waals surface area contributed by atoms with Crippen molar-refractivity contribution in [2.45, 2.75) is 31.8 Å². The molecule has 1 aromatic heterocycles. The number of aromatic amines is 1. The summed E-state index contributed by atoms with van der Waals surface area (Å²) < 4.78 is 26.2. The Labute approximate surface area is 101 Å². The van der Waals surface area contributed by atoms with Crippen LogP contribution < -0.4 is 5.73 Å². The van der Waals surface area contributed by atoms with Crippen LogP contribution in [0, 0.1) is 5.41 Å². The lowest BCUT2D eigenvalue weighted by molar-refractivity contribution is 0.374. The minimum absolute atomic E-state index is 0.0377. The first-order chi connectivity index (χ1) is 7.87. The smallest absolute Gasteiger partial charge is 0.260 e. The maximum atomic E-state index is 12.4. The highest BCUT2D eigenvalue weighted by Gasteiger charge is 2.38. The minimum atomic E-state index is -3.47. The molecule has 2 rings (SSSR count). The predicted octanol–water partition coefficient (Wildman–Crippen LogP) is 0.289. The van der Waals surface area contributed by atoms with Gasteiger partial charge < -0.3 is 5.73 Å². The molecule has 1 aliphatic rings. The molecule has 0 aromatic carbocycles. The van der Waals surface area contributed by atoms with Gasteiger partial charge in [0.15, 0.2) is 5.03 Å². The number of nitrogens with two attached hydrogens (primary N) is 1. The summed E-state index contributed by atoms with van der Waals surface area (Å²) in [5.74, 6) is 0. The molecule has 1 aliphatic heterocycles. The van der Waals surface area contributed by atoms with Crippen molar-refractivity contribution >= 4 is 10.0 Å². The van der Waals surface area contributed by atoms with Crippen LogP contribution in [-0.4, -0.2) is 36.0 Å². The summed E-state index contributed by atoms with van der Waals surface area (Å²) in [6, 6.07) is 0. The molecule has 0 saturated carbocycles. The highest BCUT2D eigenvalue weighted by molar-refractivity contribution is 7.89. The van der Waals surface area contributed by atoms with Gasteiger partial charge in [-0.3, -0.25) is 5.10 Å². The van der Waals surface area contributed by atoms with E-state index in [-0.39, 0.29) is 17.0 Å². The lowest BCUT2D eigenvalue weighted by atomic mass is 9.93. The Morgan fingerprint density at radius 2 is 2.29 bits per heavy atom. The Kier molecular flexibility index (Phi) is 3.01. The van der Waals surface area contributed by atoms with Crippen molar-refractivity contribution in [3.8, 4) is 0 Å². The van der Waals surface area contributed by atoms with Gasteiger partial charge in [-0.1, -0.05) is 13.8 Å². The van der Waals surface area contributed by atoms with E-state index in [0.29, 0.717) is 18.7 Å². The number of sulfonamides is 1.